The van der Waals surface area contributed by atoms with Crippen LogP contribution in [0.4, 0.5) is 36.2 Å². The number of carbonyl (C=O) groups is 1. The number of nitrogen functional groups attached to an aromatic ring is 1. The highest BCUT2D eigenvalue weighted by atomic mass is 19.2. The third-order valence-corrected chi connectivity index (χ3v) is 6.18. The van der Waals surface area contributed by atoms with E-state index in [2.05, 4.69) is 20.3 Å². The highest BCUT2D eigenvalue weighted by molar-refractivity contribution is 6.17. The van der Waals surface area contributed by atoms with Crippen LogP contribution in [-0.4, -0.2) is 41.1 Å². The van der Waals surface area contributed by atoms with Crippen molar-refractivity contribution < 1.29 is 22.7 Å². The maximum absolute atomic E-state index is 14.9. The molecule has 3 aromatic carbocycles. The van der Waals surface area contributed by atoms with Gasteiger partial charge in [-0.05, 0) is 61.9 Å². The van der Waals surface area contributed by atoms with Crippen molar-refractivity contribution in [3.63, 3.8) is 0 Å². The van der Waals surface area contributed by atoms with Crippen molar-refractivity contribution in [2.75, 3.05) is 23.1 Å². The summed E-state index contributed by atoms with van der Waals surface area (Å²) >= 11 is 0. The van der Waals surface area contributed by atoms with E-state index in [0.29, 0.717) is 23.3 Å². The van der Waals surface area contributed by atoms with Crippen molar-refractivity contribution in [2.45, 2.75) is 19.9 Å². The third-order valence-electron chi connectivity index (χ3n) is 6.18. The molecule has 1 amide bonds. The van der Waals surface area contributed by atoms with E-state index in [4.69, 9.17) is 15.9 Å². The van der Waals surface area contributed by atoms with E-state index >= 15 is 0 Å². The zero-order valence-corrected chi connectivity index (χ0v) is 22.3. The van der Waals surface area contributed by atoms with Crippen molar-refractivity contribution in [3.05, 3.63) is 101 Å². The number of aromatic nitrogens is 2. The monoisotopic (exact) mass is 561 g/mol. The number of para-hydroxylation sites is 1. The van der Waals surface area contributed by atoms with Crippen molar-refractivity contribution in [1.82, 2.24) is 9.97 Å². The van der Waals surface area contributed by atoms with Crippen LogP contribution < -0.4 is 20.7 Å². The van der Waals surface area contributed by atoms with E-state index in [1.807, 2.05) is 0 Å². The number of nitrogens with zero attached hydrogens (tertiary/aromatic N) is 4. The van der Waals surface area contributed by atoms with Crippen LogP contribution in [0.1, 0.15) is 23.6 Å². The molecule has 0 radical (unpaired) electrons. The molecule has 210 valence electrons. The second kappa shape index (κ2) is 12.3. The number of hydrogen-bond acceptors (Lipinski definition) is 8. The second-order valence-corrected chi connectivity index (χ2v) is 8.88. The van der Waals surface area contributed by atoms with Gasteiger partial charge in [-0.1, -0.05) is 18.2 Å². The molecule has 0 bridgehead atoms. The number of halogens is 3. The van der Waals surface area contributed by atoms with Gasteiger partial charge in [0.2, 0.25) is 12.2 Å². The van der Waals surface area contributed by atoms with Gasteiger partial charge in [0, 0.05) is 11.3 Å². The SMILES string of the molecule is COc1ccc(C(=N)c2c(N)ncnc2NC(C)/C(=N/c2ccc(F)cc2C)N(C=O)c2ccccc2)c(F)c1F. The number of ether oxygens (including phenoxy) is 1. The Morgan fingerprint density at radius 1 is 1.10 bits per heavy atom. The molecular weight excluding hydrogens is 535 g/mol. The molecule has 1 atom stereocenters. The summed E-state index contributed by atoms with van der Waals surface area (Å²) in [6.07, 6.45) is 1.72. The summed E-state index contributed by atoms with van der Waals surface area (Å²) < 4.78 is 47.9. The second-order valence-electron chi connectivity index (χ2n) is 8.88. The van der Waals surface area contributed by atoms with Crippen molar-refractivity contribution >= 4 is 41.0 Å². The molecule has 4 rings (SSSR count). The van der Waals surface area contributed by atoms with Crippen LogP contribution in [0.3, 0.4) is 0 Å². The predicted octanol–water partition coefficient (Wildman–Crippen LogP) is 5.40. The predicted molar refractivity (Wildman–Crippen MR) is 152 cm³/mol. The molecule has 9 nitrogen and oxygen atoms in total. The fourth-order valence-electron chi connectivity index (χ4n) is 4.10. The summed E-state index contributed by atoms with van der Waals surface area (Å²) in [5.41, 5.74) is 6.54. The molecule has 0 aliphatic heterocycles. The molecule has 4 aromatic rings. The molecule has 12 heteroatoms. The Bertz CT molecular complexity index is 1630. The van der Waals surface area contributed by atoms with Gasteiger partial charge in [-0.25, -0.2) is 23.7 Å². The topological polar surface area (TPSA) is 130 Å². The number of amides is 1. The lowest BCUT2D eigenvalue weighted by Gasteiger charge is -2.26. The molecule has 0 saturated carbocycles. The number of rotatable bonds is 9. The number of carbonyl (C=O) groups excluding carboxylic acids is 1. The van der Waals surface area contributed by atoms with Gasteiger partial charge in [-0.15, -0.1) is 0 Å². The average Bonchev–Trinajstić information content (AvgIpc) is 2.96. The highest BCUT2D eigenvalue weighted by Crippen LogP contribution is 2.29. The van der Waals surface area contributed by atoms with Gasteiger partial charge < -0.3 is 15.8 Å². The Labute approximate surface area is 234 Å². The molecule has 0 aliphatic rings. The van der Waals surface area contributed by atoms with E-state index in [-0.39, 0.29) is 28.8 Å². The molecule has 1 aromatic heterocycles. The maximum atomic E-state index is 14.9. The first kappa shape index (κ1) is 28.7. The Balaban J connectivity index is 1.80. The Kier molecular flexibility index (Phi) is 8.61. The molecule has 0 fully saturated rings. The molecule has 0 aliphatic carbocycles. The number of anilines is 3. The van der Waals surface area contributed by atoms with Crippen LogP contribution in [0, 0.1) is 29.8 Å². The van der Waals surface area contributed by atoms with Gasteiger partial charge in [0.1, 0.15) is 29.6 Å². The van der Waals surface area contributed by atoms with Crippen molar-refractivity contribution in [2.24, 2.45) is 4.99 Å². The number of amidine groups is 1. The summed E-state index contributed by atoms with van der Waals surface area (Å²) in [7, 11) is 1.19. The number of benzene rings is 3. The first-order valence-electron chi connectivity index (χ1n) is 12.3. The van der Waals surface area contributed by atoms with Crippen LogP contribution >= 0.6 is 0 Å². The fraction of sp³-hybridized carbons (Fsp3) is 0.138. The lowest BCUT2D eigenvalue weighted by Crippen LogP contribution is -2.41. The molecule has 0 spiro atoms. The minimum atomic E-state index is -1.30. The van der Waals surface area contributed by atoms with Crippen LogP contribution in [0.15, 0.2) is 72.0 Å². The van der Waals surface area contributed by atoms with Gasteiger partial charge in [0.15, 0.2) is 11.6 Å². The first-order valence-corrected chi connectivity index (χ1v) is 12.3. The van der Waals surface area contributed by atoms with Gasteiger partial charge >= 0.3 is 0 Å². The lowest BCUT2D eigenvalue weighted by molar-refractivity contribution is -0.106. The highest BCUT2D eigenvalue weighted by Gasteiger charge is 2.26. The quantitative estimate of drug-likeness (QED) is 0.143. The van der Waals surface area contributed by atoms with E-state index in [1.165, 1.54) is 42.3 Å². The molecule has 1 heterocycles. The number of nitrogens with two attached hydrogens (primary N) is 1. The molecule has 4 N–H and O–H groups in total. The van der Waals surface area contributed by atoms with Crippen LogP contribution in [0.25, 0.3) is 0 Å². The van der Waals surface area contributed by atoms with E-state index in [1.54, 1.807) is 44.2 Å². The number of nitrogens with one attached hydrogen (secondary N) is 2. The summed E-state index contributed by atoms with van der Waals surface area (Å²) in [4.78, 5) is 26.4. The number of aliphatic imine (C=N–C) groups is 1. The van der Waals surface area contributed by atoms with Gasteiger partial charge in [0.25, 0.3) is 0 Å². The van der Waals surface area contributed by atoms with Gasteiger partial charge in [-0.2, -0.15) is 4.39 Å². The minimum absolute atomic E-state index is 0.00747. The van der Waals surface area contributed by atoms with Crippen LogP contribution in [0.2, 0.25) is 0 Å². The Morgan fingerprint density at radius 2 is 1.83 bits per heavy atom. The Morgan fingerprint density at radius 3 is 2.49 bits per heavy atom. The van der Waals surface area contributed by atoms with Gasteiger partial charge in [-0.3, -0.25) is 15.1 Å². The van der Waals surface area contributed by atoms with E-state index < -0.39 is 34.8 Å². The summed E-state index contributed by atoms with van der Waals surface area (Å²) in [6.45, 7) is 3.36. The van der Waals surface area contributed by atoms with Gasteiger partial charge in [0.05, 0.1) is 30.1 Å². The standard InChI is InChI=1S/C29H26F3N7O2/c1-16-13-18(30)9-11-21(16)38-29(39(15-40)19-7-5-4-6-8-19)17(2)37-28-23(27(34)35-14-36-28)26(33)20-10-12-22(41-3)25(32)24(20)31/h4-15,17,33H,1-3H3,(H3,34,35,36,37)/b33-26?,38-29-. The molecule has 0 saturated heterocycles. The zero-order valence-electron chi connectivity index (χ0n) is 22.3. The average molecular weight is 562 g/mol. The molecular formula is C29H26F3N7O2. The smallest absolute Gasteiger partial charge is 0.219 e. The van der Waals surface area contributed by atoms with Crippen molar-refractivity contribution in [1.29, 1.82) is 5.41 Å². The molecule has 1 unspecified atom stereocenters. The van der Waals surface area contributed by atoms with E-state index in [9.17, 15) is 18.0 Å². The lowest BCUT2D eigenvalue weighted by atomic mass is 10.0. The molecule has 41 heavy (non-hydrogen) atoms. The minimum Gasteiger partial charge on any atom is -0.494 e. The van der Waals surface area contributed by atoms with Crippen LogP contribution in [-0.2, 0) is 4.79 Å². The number of hydrogen-bond donors (Lipinski definition) is 3. The number of aryl methyl sites for hydroxylation is 1. The maximum Gasteiger partial charge on any atom is 0.219 e. The largest absolute Gasteiger partial charge is 0.494 e. The first-order chi connectivity index (χ1) is 19.7. The summed E-state index contributed by atoms with van der Waals surface area (Å²) in [5.74, 6) is -3.30. The van der Waals surface area contributed by atoms with E-state index in [0.717, 1.165) is 6.33 Å². The van der Waals surface area contributed by atoms with Crippen molar-refractivity contribution in [3.8, 4) is 5.75 Å². The Hall–Kier alpha value is -5.26. The fourth-order valence-corrected chi connectivity index (χ4v) is 4.10. The van der Waals surface area contributed by atoms with Crippen LogP contribution in [0.5, 0.6) is 5.75 Å². The third kappa shape index (κ3) is 6.01. The number of methoxy groups -OCH3 is 1. The summed E-state index contributed by atoms with van der Waals surface area (Å²) in [6, 6.07) is 14.3. The zero-order chi connectivity index (χ0) is 29.7. The summed E-state index contributed by atoms with van der Waals surface area (Å²) in [5, 5.41) is 11.7. The normalized spacial score (nSPS) is 12.0.